The van der Waals surface area contributed by atoms with Gasteiger partial charge in [0.25, 0.3) is 0 Å². The number of thiazole rings is 1. The van der Waals surface area contributed by atoms with Crippen molar-refractivity contribution >= 4 is 22.4 Å². The van der Waals surface area contributed by atoms with Crippen LogP contribution in [0.25, 0.3) is 11.4 Å². The van der Waals surface area contributed by atoms with E-state index in [9.17, 15) is 4.79 Å². The molecule has 1 saturated carbocycles. The first-order chi connectivity index (χ1) is 10.8. The van der Waals surface area contributed by atoms with Crippen LogP contribution in [-0.4, -0.2) is 29.0 Å². The van der Waals surface area contributed by atoms with E-state index in [1.165, 1.54) is 11.3 Å². The van der Waals surface area contributed by atoms with E-state index >= 15 is 0 Å². The third kappa shape index (κ3) is 2.53. The lowest BCUT2D eigenvalue weighted by Gasteiger charge is -2.22. The first kappa shape index (κ1) is 13.8. The lowest BCUT2D eigenvalue weighted by Crippen LogP contribution is -2.31. The number of piperidine rings is 1. The van der Waals surface area contributed by atoms with Crippen molar-refractivity contribution in [1.29, 1.82) is 0 Å². The predicted molar refractivity (Wildman–Crippen MR) is 86.6 cm³/mol. The Hall–Kier alpha value is -1.79. The molecule has 1 spiro atoms. The largest absolute Gasteiger partial charge is 0.317 e. The summed E-state index contributed by atoms with van der Waals surface area (Å²) in [5, 5.41) is 8.95. The summed E-state index contributed by atoms with van der Waals surface area (Å²) in [5.74, 6) is 0.292. The minimum absolute atomic E-state index is 0.129. The number of carbonyl (C=O) groups excluding carboxylic acids is 1. The quantitative estimate of drug-likeness (QED) is 0.913. The van der Waals surface area contributed by atoms with Crippen LogP contribution in [0.3, 0.4) is 0 Å². The number of carbonyl (C=O) groups is 1. The number of aromatic nitrogens is 2. The maximum absolute atomic E-state index is 12.4. The van der Waals surface area contributed by atoms with Crippen molar-refractivity contribution < 1.29 is 4.79 Å². The molecule has 2 N–H and O–H groups in total. The van der Waals surface area contributed by atoms with Crippen LogP contribution < -0.4 is 10.6 Å². The van der Waals surface area contributed by atoms with Crippen LogP contribution in [0.2, 0.25) is 0 Å². The minimum atomic E-state index is 0.129. The average molecular weight is 314 g/mol. The summed E-state index contributed by atoms with van der Waals surface area (Å²) >= 11 is 1.46. The van der Waals surface area contributed by atoms with E-state index in [0.717, 1.165) is 43.7 Å². The Bertz CT molecular complexity index is 678. The molecule has 0 radical (unpaired) electrons. The summed E-state index contributed by atoms with van der Waals surface area (Å²) in [6.07, 6.45) is 5.00. The van der Waals surface area contributed by atoms with E-state index in [1.54, 1.807) is 6.20 Å². The van der Waals surface area contributed by atoms with E-state index in [4.69, 9.17) is 0 Å². The van der Waals surface area contributed by atoms with E-state index < -0.39 is 0 Å². The third-order valence-corrected chi connectivity index (χ3v) is 5.52. The highest BCUT2D eigenvalue weighted by Gasteiger charge is 2.57. The van der Waals surface area contributed by atoms with E-state index in [1.807, 2.05) is 23.6 Å². The van der Waals surface area contributed by atoms with Gasteiger partial charge in [0.05, 0.1) is 5.69 Å². The van der Waals surface area contributed by atoms with Gasteiger partial charge in [0, 0.05) is 17.5 Å². The monoisotopic (exact) mass is 314 g/mol. The molecule has 1 amide bonds. The first-order valence-corrected chi connectivity index (χ1v) is 8.53. The van der Waals surface area contributed by atoms with Crippen molar-refractivity contribution in [2.75, 3.05) is 18.4 Å². The summed E-state index contributed by atoms with van der Waals surface area (Å²) in [6.45, 7) is 2.07. The molecule has 2 aromatic rings. The first-order valence-electron chi connectivity index (χ1n) is 7.65. The number of nitrogens with zero attached hydrogens (tertiary/aromatic N) is 2. The number of anilines is 1. The molecule has 114 valence electrons. The smallest absolute Gasteiger partial charge is 0.229 e. The van der Waals surface area contributed by atoms with Crippen LogP contribution in [0.1, 0.15) is 19.3 Å². The molecule has 3 heterocycles. The second-order valence-electron chi connectivity index (χ2n) is 6.11. The fraction of sp³-hybridized carbons (Fsp3) is 0.438. The summed E-state index contributed by atoms with van der Waals surface area (Å²) in [6, 6.07) is 5.74. The van der Waals surface area contributed by atoms with Crippen LogP contribution in [0.15, 0.2) is 29.8 Å². The molecule has 1 saturated heterocycles. The maximum Gasteiger partial charge on any atom is 0.229 e. The lowest BCUT2D eigenvalue weighted by molar-refractivity contribution is -0.118. The lowest BCUT2D eigenvalue weighted by atomic mass is 9.92. The summed E-state index contributed by atoms with van der Waals surface area (Å²) < 4.78 is 0. The molecule has 2 aromatic heterocycles. The minimum Gasteiger partial charge on any atom is -0.317 e. The normalized spacial score (nSPS) is 22.5. The van der Waals surface area contributed by atoms with E-state index in [2.05, 4.69) is 20.6 Å². The van der Waals surface area contributed by atoms with Gasteiger partial charge in [-0.3, -0.25) is 9.78 Å². The zero-order chi connectivity index (χ0) is 15.0. The fourth-order valence-electron chi connectivity index (χ4n) is 3.35. The highest BCUT2D eigenvalue weighted by atomic mass is 32.1. The van der Waals surface area contributed by atoms with Gasteiger partial charge >= 0.3 is 0 Å². The van der Waals surface area contributed by atoms with Crippen LogP contribution >= 0.6 is 11.3 Å². The number of hydrogen-bond acceptors (Lipinski definition) is 5. The summed E-state index contributed by atoms with van der Waals surface area (Å²) in [5.41, 5.74) is 1.91. The van der Waals surface area contributed by atoms with Gasteiger partial charge in [-0.25, -0.2) is 4.98 Å². The van der Waals surface area contributed by atoms with Crippen LogP contribution in [0.4, 0.5) is 5.13 Å². The zero-order valence-corrected chi connectivity index (χ0v) is 13.0. The second-order valence-corrected chi connectivity index (χ2v) is 6.97. The van der Waals surface area contributed by atoms with Crippen molar-refractivity contribution in [3.63, 3.8) is 0 Å². The van der Waals surface area contributed by atoms with Gasteiger partial charge in [0.2, 0.25) is 5.91 Å². The Morgan fingerprint density at radius 1 is 1.32 bits per heavy atom. The molecule has 6 heteroatoms. The molecule has 0 aromatic carbocycles. The molecule has 0 bridgehead atoms. The molecule has 22 heavy (non-hydrogen) atoms. The van der Waals surface area contributed by atoms with Crippen molar-refractivity contribution in [2.24, 2.45) is 11.3 Å². The molecular weight excluding hydrogens is 296 g/mol. The predicted octanol–water partition coefficient (Wildman–Crippen LogP) is 2.53. The van der Waals surface area contributed by atoms with Crippen LogP contribution in [-0.2, 0) is 4.79 Å². The van der Waals surface area contributed by atoms with E-state index in [-0.39, 0.29) is 17.2 Å². The highest BCUT2D eigenvalue weighted by molar-refractivity contribution is 7.14. The Labute approximate surface area is 133 Å². The SMILES string of the molecule is O=C(Nc1nc(-c2ccccn2)cs1)C1CC12CCNCC2. The van der Waals surface area contributed by atoms with Crippen LogP contribution in [0, 0.1) is 11.3 Å². The number of hydrogen-bond donors (Lipinski definition) is 2. The van der Waals surface area contributed by atoms with Gasteiger partial charge in [-0.05, 0) is 49.9 Å². The van der Waals surface area contributed by atoms with E-state index in [0.29, 0.717) is 5.13 Å². The van der Waals surface area contributed by atoms with Crippen molar-refractivity contribution in [3.8, 4) is 11.4 Å². The number of pyridine rings is 1. The third-order valence-electron chi connectivity index (χ3n) is 4.77. The maximum atomic E-state index is 12.4. The molecule has 5 nitrogen and oxygen atoms in total. The van der Waals surface area contributed by atoms with Gasteiger partial charge in [0.15, 0.2) is 5.13 Å². The Morgan fingerprint density at radius 2 is 2.18 bits per heavy atom. The number of rotatable bonds is 3. The molecule has 1 aliphatic carbocycles. The van der Waals surface area contributed by atoms with Crippen LogP contribution in [0.5, 0.6) is 0 Å². The molecule has 2 aliphatic rings. The summed E-state index contributed by atoms with van der Waals surface area (Å²) in [7, 11) is 0. The topological polar surface area (TPSA) is 66.9 Å². The fourth-order valence-corrected chi connectivity index (χ4v) is 4.06. The van der Waals surface area contributed by atoms with Crippen molar-refractivity contribution in [2.45, 2.75) is 19.3 Å². The Kier molecular flexibility index (Phi) is 3.43. The van der Waals surface area contributed by atoms with Gasteiger partial charge in [-0.15, -0.1) is 11.3 Å². The molecule has 2 fully saturated rings. The Balaban J connectivity index is 1.42. The molecule has 4 rings (SSSR count). The highest BCUT2D eigenvalue weighted by Crippen LogP contribution is 2.58. The van der Waals surface area contributed by atoms with Gasteiger partial charge in [-0.2, -0.15) is 0 Å². The number of amides is 1. The molecule has 1 unspecified atom stereocenters. The Morgan fingerprint density at radius 3 is 2.95 bits per heavy atom. The second kappa shape index (κ2) is 5.44. The molecule has 1 atom stereocenters. The van der Waals surface area contributed by atoms with Gasteiger partial charge in [0.1, 0.15) is 5.69 Å². The van der Waals surface area contributed by atoms with Crippen molar-refractivity contribution in [1.82, 2.24) is 15.3 Å². The number of nitrogens with one attached hydrogen (secondary N) is 2. The summed E-state index contributed by atoms with van der Waals surface area (Å²) in [4.78, 5) is 21.2. The zero-order valence-electron chi connectivity index (χ0n) is 12.2. The van der Waals surface area contributed by atoms with Gasteiger partial charge in [-0.1, -0.05) is 6.07 Å². The standard InChI is InChI=1S/C16H18N4OS/c21-14(11-9-16(11)4-7-17-8-5-16)20-15-19-13(10-22-15)12-3-1-2-6-18-12/h1-3,6,10-11,17H,4-5,7-9H2,(H,19,20,21). The van der Waals surface area contributed by atoms with Crippen molar-refractivity contribution in [3.05, 3.63) is 29.8 Å². The molecule has 1 aliphatic heterocycles. The van der Waals surface area contributed by atoms with Gasteiger partial charge < -0.3 is 10.6 Å². The average Bonchev–Trinajstić information content (AvgIpc) is 3.04. The molecular formula is C16H18N4OS.